The minimum absolute atomic E-state index is 0.463. The lowest BCUT2D eigenvalue weighted by Gasteiger charge is -2.29. The summed E-state index contributed by atoms with van der Waals surface area (Å²) in [5.74, 6) is 0. The molecule has 1 saturated carbocycles. The maximum Gasteiger partial charge on any atom is 0.0447 e. The Balaban J connectivity index is 2.14. The molecule has 0 spiro atoms. The summed E-state index contributed by atoms with van der Waals surface area (Å²) in [5, 5.41) is 3.56. The van der Waals surface area contributed by atoms with Gasteiger partial charge >= 0.3 is 0 Å². The third-order valence-electron chi connectivity index (χ3n) is 3.29. The van der Waals surface area contributed by atoms with Crippen molar-refractivity contribution in [1.29, 1.82) is 0 Å². The Morgan fingerprint density at radius 1 is 1.56 bits per heavy atom. The number of rotatable bonds is 7. The Morgan fingerprint density at radius 2 is 2.33 bits per heavy atom. The van der Waals surface area contributed by atoms with Gasteiger partial charge in [-0.2, -0.15) is 0 Å². The van der Waals surface area contributed by atoms with E-state index >= 15 is 0 Å². The molecular weight excluding hydrogens is 222 g/mol. The standard InChI is InChI=1S/C15H23N3/c1-4-9-18(12(2)3)15-7-8-16-10-13(15)11-17-14-5-6-14/h4,7-8,10,12,14,17H,1,5-6,9,11H2,2-3H3. The summed E-state index contributed by atoms with van der Waals surface area (Å²) in [6, 6.07) is 3.29. The van der Waals surface area contributed by atoms with Gasteiger partial charge in [0, 0.05) is 48.8 Å². The normalized spacial score (nSPS) is 14.8. The summed E-state index contributed by atoms with van der Waals surface area (Å²) in [6.45, 7) is 10.1. The Kier molecular flexibility index (Phi) is 4.37. The second-order valence-corrected chi connectivity index (χ2v) is 5.19. The van der Waals surface area contributed by atoms with Crippen LogP contribution in [0.4, 0.5) is 5.69 Å². The quantitative estimate of drug-likeness (QED) is 0.749. The van der Waals surface area contributed by atoms with E-state index in [1.165, 1.54) is 24.1 Å². The van der Waals surface area contributed by atoms with E-state index < -0.39 is 0 Å². The molecule has 1 heterocycles. The number of aromatic nitrogens is 1. The number of nitrogens with one attached hydrogen (secondary N) is 1. The first-order chi connectivity index (χ1) is 8.72. The van der Waals surface area contributed by atoms with Crippen LogP contribution < -0.4 is 10.2 Å². The summed E-state index contributed by atoms with van der Waals surface area (Å²) >= 11 is 0. The van der Waals surface area contributed by atoms with Crippen LogP contribution in [-0.2, 0) is 6.54 Å². The molecule has 0 aromatic carbocycles. The van der Waals surface area contributed by atoms with Crippen molar-refractivity contribution in [2.24, 2.45) is 0 Å². The Morgan fingerprint density at radius 3 is 2.94 bits per heavy atom. The summed E-state index contributed by atoms with van der Waals surface area (Å²) in [5.41, 5.74) is 2.55. The zero-order valence-electron chi connectivity index (χ0n) is 11.4. The SMILES string of the molecule is C=CCN(c1ccncc1CNC1CC1)C(C)C. The number of nitrogens with zero attached hydrogens (tertiary/aromatic N) is 2. The molecule has 1 aliphatic carbocycles. The Labute approximate surface area is 110 Å². The molecule has 0 aliphatic heterocycles. The van der Waals surface area contributed by atoms with Gasteiger partial charge in [0.25, 0.3) is 0 Å². The van der Waals surface area contributed by atoms with Crippen LogP contribution in [0, 0.1) is 0 Å². The molecule has 3 nitrogen and oxygen atoms in total. The highest BCUT2D eigenvalue weighted by Gasteiger charge is 2.21. The summed E-state index contributed by atoms with van der Waals surface area (Å²) in [7, 11) is 0. The molecule has 1 aromatic rings. The molecule has 0 radical (unpaired) electrons. The third-order valence-corrected chi connectivity index (χ3v) is 3.29. The van der Waals surface area contributed by atoms with Gasteiger partial charge in [-0.05, 0) is 32.8 Å². The fourth-order valence-electron chi connectivity index (χ4n) is 2.10. The second kappa shape index (κ2) is 6.01. The number of anilines is 1. The average molecular weight is 245 g/mol. The molecule has 0 amide bonds. The minimum Gasteiger partial charge on any atom is -0.365 e. The van der Waals surface area contributed by atoms with Gasteiger partial charge in [-0.25, -0.2) is 0 Å². The van der Waals surface area contributed by atoms with Crippen molar-refractivity contribution < 1.29 is 0 Å². The Bertz CT molecular complexity index is 396. The van der Waals surface area contributed by atoms with Crippen LogP contribution in [0.25, 0.3) is 0 Å². The molecular formula is C15H23N3. The summed E-state index contributed by atoms with van der Waals surface area (Å²) in [4.78, 5) is 6.61. The van der Waals surface area contributed by atoms with Crippen molar-refractivity contribution in [2.45, 2.75) is 45.3 Å². The molecule has 0 saturated heterocycles. The maximum absolute atomic E-state index is 4.25. The van der Waals surface area contributed by atoms with Gasteiger partial charge in [-0.15, -0.1) is 6.58 Å². The fraction of sp³-hybridized carbons (Fsp3) is 0.533. The zero-order valence-corrected chi connectivity index (χ0v) is 11.4. The van der Waals surface area contributed by atoms with Crippen molar-refractivity contribution >= 4 is 5.69 Å². The van der Waals surface area contributed by atoms with Gasteiger partial charge in [0.2, 0.25) is 0 Å². The summed E-state index contributed by atoms with van der Waals surface area (Å²) in [6.07, 6.45) is 8.43. The number of hydrogen-bond donors (Lipinski definition) is 1. The van der Waals surface area contributed by atoms with E-state index in [9.17, 15) is 0 Å². The first-order valence-electron chi connectivity index (χ1n) is 6.76. The van der Waals surface area contributed by atoms with E-state index in [1.54, 1.807) is 0 Å². The van der Waals surface area contributed by atoms with E-state index in [2.05, 4.69) is 41.7 Å². The molecule has 0 bridgehead atoms. The van der Waals surface area contributed by atoms with Crippen LogP contribution in [0.2, 0.25) is 0 Å². The molecule has 0 atom stereocenters. The molecule has 1 aromatic heterocycles. The highest BCUT2D eigenvalue weighted by atomic mass is 15.2. The van der Waals surface area contributed by atoms with E-state index in [0.29, 0.717) is 6.04 Å². The van der Waals surface area contributed by atoms with Gasteiger partial charge in [-0.3, -0.25) is 4.98 Å². The molecule has 1 N–H and O–H groups in total. The molecule has 98 valence electrons. The smallest absolute Gasteiger partial charge is 0.0447 e. The van der Waals surface area contributed by atoms with Crippen molar-refractivity contribution in [3.63, 3.8) is 0 Å². The monoisotopic (exact) mass is 245 g/mol. The van der Waals surface area contributed by atoms with E-state index in [-0.39, 0.29) is 0 Å². The van der Waals surface area contributed by atoms with E-state index in [0.717, 1.165) is 19.1 Å². The lowest BCUT2D eigenvalue weighted by molar-refractivity contribution is 0.671. The van der Waals surface area contributed by atoms with E-state index in [4.69, 9.17) is 0 Å². The van der Waals surface area contributed by atoms with Crippen molar-refractivity contribution in [3.8, 4) is 0 Å². The van der Waals surface area contributed by atoms with Crippen LogP contribution in [0.1, 0.15) is 32.3 Å². The van der Waals surface area contributed by atoms with Crippen molar-refractivity contribution in [3.05, 3.63) is 36.7 Å². The van der Waals surface area contributed by atoms with Crippen molar-refractivity contribution in [1.82, 2.24) is 10.3 Å². The Hall–Kier alpha value is -1.35. The molecule has 1 fully saturated rings. The first-order valence-corrected chi connectivity index (χ1v) is 6.76. The largest absolute Gasteiger partial charge is 0.365 e. The van der Waals surface area contributed by atoms with Gasteiger partial charge < -0.3 is 10.2 Å². The number of pyridine rings is 1. The van der Waals surface area contributed by atoms with Crippen LogP contribution >= 0.6 is 0 Å². The van der Waals surface area contributed by atoms with Crippen molar-refractivity contribution in [2.75, 3.05) is 11.4 Å². The predicted molar refractivity (Wildman–Crippen MR) is 76.8 cm³/mol. The predicted octanol–water partition coefficient (Wildman–Crippen LogP) is 2.73. The van der Waals surface area contributed by atoms with Gasteiger partial charge in [0.15, 0.2) is 0 Å². The fourth-order valence-corrected chi connectivity index (χ4v) is 2.10. The minimum atomic E-state index is 0.463. The molecule has 2 rings (SSSR count). The van der Waals surface area contributed by atoms with Crippen LogP contribution in [0.3, 0.4) is 0 Å². The van der Waals surface area contributed by atoms with Crippen LogP contribution in [0.15, 0.2) is 31.1 Å². The van der Waals surface area contributed by atoms with Gasteiger partial charge in [0.1, 0.15) is 0 Å². The summed E-state index contributed by atoms with van der Waals surface area (Å²) < 4.78 is 0. The molecule has 3 heteroatoms. The first kappa shape index (κ1) is 13.1. The van der Waals surface area contributed by atoms with Gasteiger partial charge in [-0.1, -0.05) is 6.08 Å². The van der Waals surface area contributed by atoms with Crippen LogP contribution in [0.5, 0.6) is 0 Å². The molecule has 1 aliphatic rings. The molecule has 0 unspecified atom stereocenters. The second-order valence-electron chi connectivity index (χ2n) is 5.19. The lowest BCUT2D eigenvalue weighted by atomic mass is 10.1. The number of hydrogen-bond acceptors (Lipinski definition) is 3. The zero-order chi connectivity index (χ0) is 13.0. The third kappa shape index (κ3) is 3.33. The van der Waals surface area contributed by atoms with Gasteiger partial charge in [0.05, 0.1) is 0 Å². The highest BCUT2D eigenvalue weighted by molar-refractivity contribution is 5.53. The molecule has 18 heavy (non-hydrogen) atoms. The van der Waals surface area contributed by atoms with E-state index in [1.807, 2.05) is 18.5 Å². The lowest BCUT2D eigenvalue weighted by Crippen LogP contribution is -2.32. The van der Waals surface area contributed by atoms with Crippen LogP contribution in [-0.4, -0.2) is 23.6 Å². The highest BCUT2D eigenvalue weighted by Crippen LogP contribution is 2.24. The topological polar surface area (TPSA) is 28.2 Å². The maximum atomic E-state index is 4.25. The average Bonchev–Trinajstić information content (AvgIpc) is 3.18.